The first-order chi connectivity index (χ1) is 9.79. The maximum absolute atomic E-state index is 6.01. The minimum absolute atomic E-state index is 0.679. The number of aromatic nitrogens is 2. The fourth-order valence-corrected chi connectivity index (χ4v) is 3.73. The maximum Gasteiger partial charge on any atom is 0.0706 e. The van der Waals surface area contributed by atoms with Crippen LogP contribution in [0.4, 0.5) is 0 Å². The predicted octanol–water partition coefficient (Wildman–Crippen LogP) is 3.27. The summed E-state index contributed by atoms with van der Waals surface area (Å²) in [6.45, 7) is 0.829. The molecule has 108 valence electrons. The van der Waals surface area contributed by atoms with Gasteiger partial charge in [-0.25, -0.2) is 0 Å². The quantitative estimate of drug-likeness (QED) is 0.871. The van der Waals surface area contributed by atoms with Crippen LogP contribution in [-0.4, -0.2) is 16.3 Å². The molecule has 2 atom stereocenters. The Kier molecular flexibility index (Phi) is 4.06. The van der Waals surface area contributed by atoms with E-state index in [1.54, 1.807) is 0 Å². The first kappa shape index (κ1) is 13.6. The zero-order chi connectivity index (χ0) is 13.9. The molecule has 1 aliphatic rings. The Bertz CT molecular complexity index is 573. The Morgan fingerprint density at radius 2 is 1.90 bits per heavy atom. The Hall–Kier alpha value is -1.35. The number of para-hydroxylation sites is 1. The number of aryl methyl sites for hydroxylation is 1. The second kappa shape index (κ2) is 5.96. The van der Waals surface area contributed by atoms with E-state index in [0.29, 0.717) is 11.8 Å². The van der Waals surface area contributed by atoms with E-state index in [0.717, 1.165) is 13.0 Å². The Labute approximate surface area is 121 Å². The fourth-order valence-electron chi connectivity index (χ4n) is 3.73. The van der Waals surface area contributed by atoms with Gasteiger partial charge in [0.25, 0.3) is 0 Å². The first-order valence-corrected chi connectivity index (χ1v) is 7.90. The average molecular weight is 271 g/mol. The van der Waals surface area contributed by atoms with Gasteiger partial charge in [0.1, 0.15) is 0 Å². The molecule has 3 rings (SSSR count). The molecule has 0 aliphatic heterocycles. The molecule has 2 unspecified atom stereocenters. The van der Waals surface area contributed by atoms with Crippen molar-refractivity contribution in [2.45, 2.75) is 38.5 Å². The van der Waals surface area contributed by atoms with Gasteiger partial charge in [-0.3, -0.25) is 4.68 Å². The third-order valence-corrected chi connectivity index (χ3v) is 4.91. The third kappa shape index (κ3) is 2.59. The summed E-state index contributed by atoms with van der Waals surface area (Å²) < 4.78 is 2.01. The molecule has 0 amide bonds. The smallest absolute Gasteiger partial charge is 0.0706 e. The Balaban J connectivity index is 1.87. The van der Waals surface area contributed by atoms with Gasteiger partial charge in [-0.15, -0.1) is 0 Å². The molecule has 2 aromatic rings. The van der Waals surface area contributed by atoms with E-state index in [-0.39, 0.29) is 0 Å². The lowest BCUT2D eigenvalue weighted by Crippen LogP contribution is -2.24. The van der Waals surface area contributed by atoms with Crippen molar-refractivity contribution in [3.8, 4) is 0 Å². The van der Waals surface area contributed by atoms with Crippen LogP contribution in [0, 0.1) is 11.8 Å². The summed E-state index contributed by atoms with van der Waals surface area (Å²) in [7, 11) is 2.04. The normalized spacial score (nSPS) is 23.9. The predicted molar refractivity (Wildman–Crippen MR) is 83.5 cm³/mol. The van der Waals surface area contributed by atoms with Crippen LogP contribution in [0.15, 0.2) is 24.3 Å². The molecule has 1 heterocycles. The number of nitrogens with two attached hydrogens (primary N) is 1. The van der Waals surface area contributed by atoms with Crippen molar-refractivity contribution in [3.63, 3.8) is 0 Å². The number of rotatable bonds is 3. The lowest BCUT2D eigenvalue weighted by Gasteiger charge is -2.23. The summed E-state index contributed by atoms with van der Waals surface area (Å²) in [4.78, 5) is 0. The van der Waals surface area contributed by atoms with Crippen LogP contribution in [0.3, 0.4) is 0 Å². The molecule has 1 aromatic carbocycles. The molecule has 0 bridgehead atoms. The minimum atomic E-state index is 0.679. The van der Waals surface area contributed by atoms with E-state index in [4.69, 9.17) is 10.8 Å². The number of benzene rings is 1. The summed E-state index contributed by atoms with van der Waals surface area (Å²) in [6, 6.07) is 8.55. The van der Waals surface area contributed by atoms with Crippen LogP contribution in [0.2, 0.25) is 0 Å². The average Bonchev–Trinajstić information content (AvgIpc) is 2.64. The summed E-state index contributed by atoms with van der Waals surface area (Å²) in [5.41, 5.74) is 8.50. The number of hydrogen-bond donors (Lipinski definition) is 1. The molecule has 3 heteroatoms. The first-order valence-electron chi connectivity index (χ1n) is 7.90. The highest BCUT2D eigenvalue weighted by Crippen LogP contribution is 2.32. The second-order valence-electron chi connectivity index (χ2n) is 6.19. The van der Waals surface area contributed by atoms with Crippen LogP contribution in [0.25, 0.3) is 10.9 Å². The van der Waals surface area contributed by atoms with Gasteiger partial charge in [-0.1, -0.05) is 37.5 Å². The monoisotopic (exact) mass is 271 g/mol. The largest absolute Gasteiger partial charge is 0.330 e. The molecular formula is C17H25N3. The molecule has 1 fully saturated rings. The molecule has 1 aromatic heterocycles. The number of fused-ring (bicyclic) bond motifs is 1. The van der Waals surface area contributed by atoms with E-state index < -0.39 is 0 Å². The Morgan fingerprint density at radius 1 is 1.15 bits per heavy atom. The highest BCUT2D eigenvalue weighted by molar-refractivity contribution is 5.81. The van der Waals surface area contributed by atoms with E-state index in [1.807, 2.05) is 11.7 Å². The molecular weight excluding hydrogens is 246 g/mol. The summed E-state index contributed by atoms with van der Waals surface area (Å²) in [6.07, 6.45) is 7.77. The minimum Gasteiger partial charge on any atom is -0.330 e. The van der Waals surface area contributed by atoms with E-state index in [1.165, 1.54) is 48.7 Å². The van der Waals surface area contributed by atoms with Gasteiger partial charge >= 0.3 is 0 Å². The molecule has 0 radical (unpaired) electrons. The molecule has 3 nitrogen and oxygen atoms in total. The van der Waals surface area contributed by atoms with Crippen LogP contribution < -0.4 is 5.73 Å². The van der Waals surface area contributed by atoms with Crippen LogP contribution in [0.5, 0.6) is 0 Å². The van der Waals surface area contributed by atoms with Crippen LogP contribution >= 0.6 is 0 Å². The SMILES string of the molecule is Cn1nc(CC2CCCCCC2CN)c2ccccc21. The van der Waals surface area contributed by atoms with Crippen molar-refractivity contribution in [3.05, 3.63) is 30.0 Å². The zero-order valence-corrected chi connectivity index (χ0v) is 12.4. The van der Waals surface area contributed by atoms with Crippen LogP contribution in [0.1, 0.15) is 37.8 Å². The van der Waals surface area contributed by atoms with Gasteiger partial charge in [0.2, 0.25) is 0 Å². The van der Waals surface area contributed by atoms with E-state index >= 15 is 0 Å². The maximum atomic E-state index is 6.01. The molecule has 0 saturated heterocycles. The highest BCUT2D eigenvalue weighted by Gasteiger charge is 2.24. The lowest BCUT2D eigenvalue weighted by molar-refractivity contribution is 0.316. The van der Waals surface area contributed by atoms with Crippen molar-refractivity contribution < 1.29 is 0 Å². The van der Waals surface area contributed by atoms with Crippen molar-refractivity contribution in [1.82, 2.24) is 9.78 Å². The summed E-state index contributed by atoms with van der Waals surface area (Å²) in [5, 5.41) is 6.07. The topological polar surface area (TPSA) is 43.8 Å². The second-order valence-corrected chi connectivity index (χ2v) is 6.19. The highest BCUT2D eigenvalue weighted by atomic mass is 15.3. The van der Waals surface area contributed by atoms with Gasteiger partial charge < -0.3 is 5.73 Å². The number of nitrogens with zero attached hydrogens (tertiary/aromatic N) is 2. The van der Waals surface area contributed by atoms with Crippen molar-refractivity contribution in [1.29, 1.82) is 0 Å². The fraction of sp³-hybridized carbons (Fsp3) is 0.588. The third-order valence-electron chi connectivity index (χ3n) is 4.91. The lowest BCUT2D eigenvalue weighted by atomic mass is 9.84. The molecule has 1 saturated carbocycles. The summed E-state index contributed by atoms with van der Waals surface area (Å²) in [5.74, 6) is 1.39. The van der Waals surface area contributed by atoms with Gasteiger partial charge in [0, 0.05) is 12.4 Å². The number of hydrogen-bond acceptors (Lipinski definition) is 2. The van der Waals surface area contributed by atoms with Crippen molar-refractivity contribution >= 4 is 10.9 Å². The van der Waals surface area contributed by atoms with E-state index in [2.05, 4.69) is 24.3 Å². The van der Waals surface area contributed by atoms with Gasteiger partial charge in [0.05, 0.1) is 11.2 Å². The van der Waals surface area contributed by atoms with Gasteiger partial charge in [-0.05, 0) is 43.7 Å². The molecule has 1 aliphatic carbocycles. The van der Waals surface area contributed by atoms with Crippen molar-refractivity contribution in [2.75, 3.05) is 6.54 Å². The molecule has 20 heavy (non-hydrogen) atoms. The standard InChI is InChI=1S/C17H25N3/c1-20-17-10-6-5-9-15(17)16(19-20)11-13-7-3-2-4-8-14(13)12-18/h5-6,9-10,13-14H,2-4,7-8,11-12,18H2,1H3. The molecule has 0 spiro atoms. The van der Waals surface area contributed by atoms with Crippen LogP contribution in [-0.2, 0) is 13.5 Å². The van der Waals surface area contributed by atoms with Crippen molar-refractivity contribution in [2.24, 2.45) is 24.6 Å². The zero-order valence-electron chi connectivity index (χ0n) is 12.4. The van der Waals surface area contributed by atoms with E-state index in [9.17, 15) is 0 Å². The molecule has 2 N–H and O–H groups in total. The van der Waals surface area contributed by atoms with Gasteiger partial charge in [0.15, 0.2) is 0 Å². The summed E-state index contributed by atoms with van der Waals surface area (Å²) >= 11 is 0. The Morgan fingerprint density at radius 3 is 2.70 bits per heavy atom. The van der Waals surface area contributed by atoms with Gasteiger partial charge in [-0.2, -0.15) is 5.10 Å².